The minimum Gasteiger partial charge on any atom is -0.322 e. The van der Waals surface area contributed by atoms with E-state index in [-0.39, 0.29) is 11.8 Å². The third-order valence-electron chi connectivity index (χ3n) is 3.38. The zero-order valence-corrected chi connectivity index (χ0v) is 12.8. The Morgan fingerprint density at radius 3 is 1.58 bits per heavy atom. The summed E-state index contributed by atoms with van der Waals surface area (Å²) in [6.45, 7) is 0. The Bertz CT molecular complexity index is 759. The number of hydrogen-bond acceptors (Lipinski definition) is 3. The van der Waals surface area contributed by atoms with Gasteiger partial charge in [-0.15, -0.1) is 0 Å². The van der Waals surface area contributed by atoms with Crippen molar-refractivity contribution in [1.82, 2.24) is 4.98 Å². The van der Waals surface area contributed by atoms with Crippen LogP contribution < -0.4 is 10.6 Å². The van der Waals surface area contributed by atoms with Crippen molar-refractivity contribution in [2.75, 3.05) is 10.6 Å². The quantitative estimate of drug-likeness (QED) is 0.772. The number of nitrogens with one attached hydrogen (secondary N) is 2. The number of para-hydroxylation sites is 1. The fraction of sp³-hybridized carbons (Fsp3) is 0. The Morgan fingerprint density at radius 2 is 1.08 bits per heavy atom. The van der Waals surface area contributed by atoms with Crippen LogP contribution in [0.15, 0.2) is 79.1 Å². The molecule has 5 heteroatoms. The van der Waals surface area contributed by atoms with E-state index in [1.54, 1.807) is 48.8 Å². The standard InChI is InChI=1S/C19H15N3O2/c23-18(21-16-4-2-1-3-5-16)14-6-8-15(9-7-14)19(24)22-17-10-12-20-13-11-17/h1-13H,(H,21,23)(H,20,22,24). The Labute approximate surface area is 139 Å². The van der Waals surface area contributed by atoms with E-state index in [1.165, 1.54) is 0 Å². The first-order chi connectivity index (χ1) is 11.7. The molecule has 3 rings (SSSR count). The molecule has 0 atom stereocenters. The van der Waals surface area contributed by atoms with Gasteiger partial charge >= 0.3 is 0 Å². The lowest BCUT2D eigenvalue weighted by molar-refractivity contribution is 0.101. The lowest BCUT2D eigenvalue weighted by Gasteiger charge is -2.07. The van der Waals surface area contributed by atoms with Gasteiger partial charge in [0.2, 0.25) is 0 Å². The second-order valence-corrected chi connectivity index (χ2v) is 5.09. The predicted octanol–water partition coefficient (Wildman–Crippen LogP) is 3.59. The Kier molecular flexibility index (Phi) is 4.62. The van der Waals surface area contributed by atoms with Gasteiger partial charge in [0.25, 0.3) is 11.8 Å². The number of benzene rings is 2. The van der Waals surface area contributed by atoms with Gasteiger partial charge in [-0.2, -0.15) is 0 Å². The van der Waals surface area contributed by atoms with Crippen LogP contribution >= 0.6 is 0 Å². The summed E-state index contributed by atoms with van der Waals surface area (Å²) >= 11 is 0. The molecular weight excluding hydrogens is 302 g/mol. The number of anilines is 2. The van der Waals surface area contributed by atoms with Crippen molar-refractivity contribution >= 4 is 23.2 Å². The molecule has 2 aromatic carbocycles. The summed E-state index contributed by atoms with van der Waals surface area (Å²) in [6, 6.07) is 19.1. The molecule has 0 fully saturated rings. The van der Waals surface area contributed by atoms with Gasteiger partial charge in [-0.1, -0.05) is 18.2 Å². The molecule has 0 aliphatic rings. The number of carbonyl (C=O) groups is 2. The highest BCUT2D eigenvalue weighted by molar-refractivity contribution is 6.07. The first-order valence-corrected chi connectivity index (χ1v) is 7.40. The SMILES string of the molecule is O=C(Nc1ccccc1)c1ccc(C(=O)Nc2ccncc2)cc1. The van der Waals surface area contributed by atoms with Gasteiger partial charge in [0.05, 0.1) is 0 Å². The molecule has 0 saturated carbocycles. The van der Waals surface area contributed by atoms with Crippen molar-refractivity contribution in [3.05, 3.63) is 90.3 Å². The fourth-order valence-electron chi connectivity index (χ4n) is 2.14. The highest BCUT2D eigenvalue weighted by Gasteiger charge is 2.09. The predicted molar refractivity (Wildman–Crippen MR) is 93.0 cm³/mol. The van der Waals surface area contributed by atoms with E-state index in [4.69, 9.17) is 0 Å². The van der Waals surface area contributed by atoms with Crippen LogP contribution in [-0.4, -0.2) is 16.8 Å². The van der Waals surface area contributed by atoms with Crippen LogP contribution in [0.2, 0.25) is 0 Å². The molecule has 2 amide bonds. The highest BCUT2D eigenvalue weighted by atomic mass is 16.2. The van der Waals surface area contributed by atoms with Gasteiger partial charge in [-0.3, -0.25) is 14.6 Å². The number of amides is 2. The number of nitrogens with zero attached hydrogens (tertiary/aromatic N) is 1. The Hall–Kier alpha value is -3.47. The number of carbonyl (C=O) groups excluding carboxylic acids is 2. The molecule has 3 aromatic rings. The van der Waals surface area contributed by atoms with Crippen LogP contribution in [-0.2, 0) is 0 Å². The molecule has 0 bridgehead atoms. The maximum absolute atomic E-state index is 12.2. The number of aromatic nitrogens is 1. The highest BCUT2D eigenvalue weighted by Crippen LogP contribution is 2.12. The van der Waals surface area contributed by atoms with E-state index in [1.807, 2.05) is 30.3 Å². The molecule has 118 valence electrons. The molecule has 0 aliphatic carbocycles. The largest absolute Gasteiger partial charge is 0.322 e. The van der Waals surface area contributed by atoms with Crippen LogP contribution in [0.1, 0.15) is 20.7 Å². The van der Waals surface area contributed by atoms with E-state index in [0.29, 0.717) is 16.8 Å². The maximum atomic E-state index is 12.2. The van der Waals surface area contributed by atoms with E-state index in [0.717, 1.165) is 5.69 Å². The average molecular weight is 317 g/mol. The summed E-state index contributed by atoms with van der Waals surface area (Å²) in [6.07, 6.45) is 3.21. The first kappa shape index (κ1) is 15.4. The summed E-state index contributed by atoms with van der Waals surface area (Å²) < 4.78 is 0. The van der Waals surface area contributed by atoms with Crippen molar-refractivity contribution in [2.24, 2.45) is 0 Å². The van der Waals surface area contributed by atoms with Crippen molar-refractivity contribution in [3.63, 3.8) is 0 Å². The first-order valence-electron chi connectivity index (χ1n) is 7.40. The van der Waals surface area contributed by atoms with E-state index in [9.17, 15) is 9.59 Å². The number of hydrogen-bond donors (Lipinski definition) is 2. The van der Waals surface area contributed by atoms with Gasteiger partial charge in [0.1, 0.15) is 0 Å². The minimum absolute atomic E-state index is 0.220. The topological polar surface area (TPSA) is 71.1 Å². The van der Waals surface area contributed by atoms with E-state index < -0.39 is 0 Å². The Balaban J connectivity index is 1.66. The van der Waals surface area contributed by atoms with Crippen molar-refractivity contribution in [3.8, 4) is 0 Å². The summed E-state index contributed by atoms with van der Waals surface area (Å²) in [5.41, 5.74) is 2.35. The normalized spacial score (nSPS) is 10.0. The zero-order valence-electron chi connectivity index (χ0n) is 12.8. The van der Waals surface area contributed by atoms with Crippen molar-refractivity contribution < 1.29 is 9.59 Å². The average Bonchev–Trinajstić information content (AvgIpc) is 2.63. The molecular formula is C19H15N3O2. The second-order valence-electron chi connectivity index (χ2n) is 5.09. The monoisotopic (exact) mass is 317 g/mol. The molecule has 1 aromatic heterocycles. The van der Waals surface area contributed by atoms with E-state index >= 15 is 0 Å². The Morgan fingerprint density at radius 1 is 0.625 bits per heavy atom. The van der Waals surface area contributed by atoms with Crippen LogP contribution in [0.3, 0.4) is 0 Å². The second kappa shape index (κ2) is 7.19. The lowest BCUT2D eigenvalue weighted by Crippen LogP contribution is -2.14. The number of rotatable bonds is 4. The molecule has 1 heterocycles. The lowest BCUT2D eigenvalue weighted by atomic mass is 10.1. The molecule has 2 N–H and O–H groups in total. The van der Waals surface area contributed by atoms with Crippen LogP contribution in [0.25, 0.3) is 0 Å². The third kappa shape index (κ3) is 3.84. The van der Waals surface area contributed by atoms with Crippen LogP contribution in [0.5, 0.6) is 0 Å². The molecule has 0 spiro atoms. The molecule has 5 nitrogen and oxygen atoms in total. The maximum Gasteiger partial charge on any atom is 0.255 e. The van der Waals surface area contributed by atoms with Crippen LogP contribution in [0.4, 0.5) is 11.4 Å². The van der Waals surface area contributed by atoms with Crippen molar-refractivity contribution in [1.29, 1.82) is 0 Å². The van der Waals surface area contributed by atoms with Gasteiger partial charge in [-0.05, 0) is 48.5 Å². The molecule has 0 unspecified atom stereocenters. The molecule has 24 heavy (non-hydrogen) atoms. The molecule has 0 aliphatic heterocycles. The minimum atomic E-state index is -0.240. The van der Waals surface area contributed by atoms with E-state index in [2.05, 4.69) is 15.6 Å². The molecule has 0 saturated heterocycles. The third-order valence-corrected chi connectivity index (χ3v) is 3.38. The smallest absolute Gasteiger partial charge is 0.255 e. The van der Waals surface area contributed by atoms with Gasteiger partial charge in [-0.25, -0.2) is 0 Å². The van der Waals surface area contributed by atoms with Gasteiger partial charge in [0, 0.05) is 34.9 Å². The zero-order chi connectivity index (χ0) is 16.8. The molecule has 0 radical (unpaired) electrons. The summed E-state index contributed by atoms with van der Waals surface area (Å²) in [5, 5.41) is 5.57. The number of pyridine rings is 1. The summed E-state index contributed by atoms with van der Waals surface area (Å²) in [7, 11) is 0. The summed E-state index contributed by atoms with van der Waals surface area (Å²) in [4.78, 5) is 28.2. The summed E-state index contributed by atoms with van der Waals surface area (Å²) in [5.74, 6) is -0.460. The van der Waals surface area contributed by atoms with Gasteiger partial charge in [0.15, 0.2) is 0 Å². The van der Waals surface area contributed by atoms with Gasteiger partial charge < -0.3 is 10.6 Å². The fourth-order valence-corrected chi connectivity index (χ4v) is 2.14. The van der Waals surface area contributed by atoms with Crippen LogP contribution in [0, 0.1) is 0 Å². The van der Waals surface area contributed by atoms with Crippen molar-refractivity contribution in [2.45, 2.75) is 0 Å².